The van der Waals surface area contributed by atoms with Gasteiger partial charge in [0.15, 0.2) is 11.6 Å². The van der Waals surface area contributed by atoms with E-state index in [2.05, 4.69) is 20.4 Å². The molecular weight excluding hydrogens is 411 g/mol. The van der Waals surface area contributed by atoms with Crippen molar-refractivity contribution in [1.82, 2.24) is 29.5 Å². The zero-order valence-electron chi connectivity index (χ0n) is 16.3. The van der Waals surface area contributed by atoms with Crippen LogP contribution in [0.25, 0.3) is 11.4 Å². The molecule has 1 atom stereocenters. The topological polar surface area (TPSA) is 103 Å². The van der Waals surface area contributed by atoms with E-state index >= 15 is 0 Å². The molecule has 9 nitrogen and oxygen atoms in total. The lowest BCUT2D eigenvalue weighted by Gasteiger charge is -2.31. The van der Waals surface area contributed by atoms with E-state index in [1.54, 1.807) is 24.5 Å². The van der Waals surface area contributed by atoms with Gasteiger partial charge in [0.05, 0.1) is 18.6 Å². The molecule has 0 N–H and O–H groups in total. The molecule has 3 heterocycles. The van der Waals surface area contributed by atoms with Crippen LogP contribution < -0.4 is 4.74 Å². The molecular formula is C19H21FN6O3S. The van der Waals surface area contributed by atoms with Crippen LogP contribution in [0.2, 0.25) is 0 Å². The zero-order valence-corrected chi connectivity index (χ0v) is 17.2. The molecule has 2 aromatic heterocycles. The maximum atomic E-state index is 14.0. The van der Waals surface area contributed by atoms with Gasteiger partial charge in [-0.1, -0.05) is 0 Å². The second kappa shape index (κ2) is 8.44. The monoisotopic (exact) mass is 432 g/mol. The fraction of sp³-hybridized carbons (Fsp3) is 0.368. The quantitative estimate of drug-likeness (QED) is 0.587. The Kier molecular flexibility index (Phi) is 5.73. The van der Waals surface area contributed by atoms with Crippen molar-refractivity contribution in [2.75, 3.05) is 20.2 Å². The lowest BCUT2D eigenvalue weighted by Crippen LogP contribution is -2.41. The Bertz CT molecular complexity index is 1120. The van der Waals surface area contributed by atoms with Gasteiger partial charge in [-0.05, 0) is 54.3 Å². The average Bonchev–Trinajstić information content (AvgIpc) is 3.23. The maximum Gasteiger partial charge on any atom is 0.243 e. The molecule has 4 rings (SSSR count). The molecule has 30 heavy (non-hydrogen) atoms. The summed E-state index contributed by atoms with van der Waals surface area (Å²) < 4.78 is 46.3. The van der Waals surface area contributed by atoms with Gasteiger partial charge in [0, 0.05) is 31.0 Å². The number of methoxy groups -OCH3 is 1. The molecule has 1 saturated heterocycles. The van der Waals surface area contributed by atoms with Crippen LogP contribution in [0.15, 0.2) is 47.6 Å². The van der Waals surface area contributed by atoms with Crippen molar-refractivity contribution in [3.63, 3.8) is 0 Å². The highest BCUT2D eigenvalue weighted by molar-refractivity contribution is 7.89. The molecule has 3 aromatic rings. The third-order valence-electron chi connectivity index (χ3n) is 5.06. The molecule has 0 aliphatic carbocycles. The van der Waals surface area contributed by atoms with Gasteiger partial charge in [-0.3, -0.25) is 4.98 Å². The number of piperidine rings is 1. The van der Waals surface area contributed by atoms with Crippen LogP contribution in [0.1, 0.15) is 12.8 Å². The SMILES string of the molecule is COc1ccc(S(=O)(=O)N2CCC[C@@H](Cn3nnc(-c4ccncc4)n3)C2)cc1F. The molecule has 158 valence electrons. The van der Waals surface area contributed by atoms with Crippen molar-refractivity contribution in [2.24, 2.45) is 5.92 Å². The number of hydrogen-bond donors (Lipinski definition) is 0. The molecule has 0 amide bonds. The summed E-state index contributed by atoms with van der Waals surface area (Å²) in [6.45, 7) is 1.14. The molecule has 1 aliphatic rings. The van der Waals surface area contributed by atoms with Crippen molar-refractivity contribution >= 4 is 10.0 Å². The van der Waals surface area contributed by atoms with Crippen molar-refractivity contribution in [1.29, 1.82) is 0 Å². The van der Waals surface area contributed by atoms with Crippen molar-refractivity contribution < 1.29 is 17.5 Å². The van der Waals surface area contributed by atoms with E-state index in [0.29, 0.717) is 31.9 Å². The average molecular weight is 432 g/mol. The predicted octanol–water partition coefficient (Wildman–Crippen LogP) is 1.98. The summed E-state index contributed by atoms with van der Waals surface area (Å²) in [7, 11) is -2.47. The van der Waals surface area contributed by atoms with Gasteiger partial charge in [-0.25, -0.2) is 12.8 Å². The largest absolute Gasteiger partial charge is 0.494 e. The van der Waals surface area contributed by atoms with Crippen molar-refractivity contribution in [3.05, 3.63) is 48.5 Å². The summed E-state index contributed by atoms with van der Waals surface area (Å²) >= 11 is 0. The summed E-state index contributed by atoms with van der Waals surface area (Å²) in [6, 6.07) is 7.27. The van der Waals surface area contributed by atoms with E-state index in [1.807, 2.05) is 0 Å². The van der Waals surface area contributed by atoms with Crippen LogP contribution in [0, 0.1) is 11.7 Å². The maximum absolute atomic E-state index is 14.0. The highest BCUT2D eigenvalue weighted by Gasteiger charge is 2.31. The molecule has 0 unspecified atom stereocenters. The van der Waals surface area contributed by atoms with E-state index in [0.717, 1.165) is 18.1 Å². The van der Waals surface area contributed by atoms with Gasteiger partial charge >= 0.3 is 0 Å². The Morgan fingerprint density at radius 2 is 2.03 bits per heavy atom. The number of rotatable bonds is 6. The Morgan fingerprint density at radius 1 is 1.23 bits per heavy atom. The number of pyridine rings is 1. The summed E-state index contributed by atoms with van der Waals surface area (Å²) in [5.41, 5.74) is 0.811. The highest BCUT2D eigenvalue weighted by atomic mass is 32.2. The van der Waals surface area contributed by atoms with E-state index in [-0.39, 0.29) is 16.6 Å². The molecule has 0 saturated carbocycles. The van der Waals surface area contributed by atoms with Crippen molar-refractivity contribution in [3.8, 4) is 17.1 Å². The van der Waals surface area contributed by atoms with Crippen molar-refractivity contribution in [2.45, 2.75) is 24.3 Å². The third-order valence-corrected chi connectivity index (χ3v) is 6.92. The number of nitrogens with zero attached hydrogens (tertiary/aromatic N) is 6. The van der Waals surface area contributed by atoms with Crippen LogP contribution >= 0.6 is 0 Å². The predicted molar refractivity (Wildman–Crippen MR) is 105 cm³/mol. The standard InChI is InChI=1S/C19H21FN6O3S/c1-29-18-5-4-16(11-17(18)20)30(27,28)25-10-2-3-14(12-25)13-26-23-19(22-24-26)15-6-8-21-9-7-15/h4-9,11,14H,2-3,10,12-13H2,1H3/t14-/m1/s1. The van der Waals surface area contributed by atoms with Crippen LogP contribution in [0.4, 0.5) is 4.39 Å². The lowest BCUT2D eigenvalue weighted by atomic mass is 10.00. The lowest BCUT2D eigenvalue weighted by molar-refractivity contribution is 0.231. The molecule has 1 aliphatic heterocycles. The van der Waals surface area contributed by atoms with E-state index in [1.165, 1.54) is 28.3 Å². The van der Waals surface area contributed by atoms with E-state index in [4.69, 9.17) is 4.74 Å². The Hall–Kier alpha value is -2.92. The Morgan fingerprint density at radius 3 is 2.77 bits per heavy atom. The first-order valence-electron chi connectivity index (χ1n) is 9.49. The molecule has 0 radical (unpaired) electrons. The second-order valence-corrected chi connectivity index (χ2v) is 9.01. The molecule has 1 aromatic carbocycles. The smallest absolute Gasteiger partial charge is 0.243 e. The molecule has 11 heteroatoms. The van der Waals surface area contributed by atoms with Crippen LogP contribution in [-0.4, -0.2) is 58.1 Å². The number of sulfonamides is 1. The second-order valence-electron chi connectivity index (χ2n) is 7.07. The number of halogens is 1. The van der Waals surface area contributed by atoms with Gasteiger partial charge in [-0.2, -0.15) is 9.10 Å². The number of hydrogen-bond acceptors (Lipinski definition) is 7. The van der Waals surface area contributed by atoms with E-state index in [9.17, 15) is 12.8 Å². The first kappa shape index (κ1) is 20.4. The fourth-order valence-electron chi connectivity index (χ4n) is 3.52. The fourth-order valence-corrected chi connectivity index (χ4v) is 5.09. The van der Waals surface area contributed by atoms with Crippen LogP contribution in [0.3, 0.4) is 0 Å². The Balaban J connectivity index is 1.47. The first-order valence-corrected chi connectivity index (χ1v) is 10.9. The van der Waals surface area contributed by atoms with Gasteiger partial charge in [-0.15, -0.1) is 10.2 Å². The summed E-state index contributed by atoms with van der Waals surface area (Å²) in [5, 5.41) is 12.5. The number of ether oxygens (including phenoxy) is 1. The summed E-state index contributed by atoms with van der Waals surface area (Å²) in [6.07, 6.45) is 4.85. The highest BCUT2D eigenvalue weighted by Crippen LogP contribution is 2.27. The van der Waals surface area contributed by atoms with Crippen LogP contribution in [-0.2, 0) is 16.6 Å². The first-order chi connectivity index (χ1) is 14.5. The van der Waals surface area contributed by atoms with E-state index < -0.39 is 15.8 Å². The van der Waals surface area contributed by atoms with Crippen LogP contribution in [0.5, 0.6) is 5.75 Å². The van der Waals surface area contributed by atoms with Gasteiger partial charge in [0.1, 0.15) is 0 Å². The summed E-state index contributed by atoms with van der Waals surface area (Å²) in [4.78, 5) is 5.37. The number of benzene rings is 1. The Labute approximate surface area is 173 Å². The van der Waals surface area contributed by atoms with Gasteiger partial charge in [0.25, 0.3) is 0 Å². The third kappa shape index (κ3) is 4.17. The molecule has 0 bridgehead atoms. The minimum Gasteiger partial charge on any atom is -0.494 e. The van der Waals surface area contributed by atoms with Gasteiger partial charge < -0.3 is 4.74 Å². The summed E-state index contributed by atoms with van der Waals surface area (Å²) in [5.74, 6) is -0.183. The number of aromatic nitrogens is 5. The minimum absolute atomic E-state index is 0.00716. The normalized spacial score (nSPS) is 17.7. The molecule has 0 spiro atoms. The molecule has 1 fully saturated rings. The zero-order chi connectivity index (χ0) is 21.1. The van der Waals surface area contributed by atoms with Gasteiger partial charge in [0.2, 0.25) is 15.8 Å². The number of tetrazole rings is 1. The minimum atomic E-state index is -3.81.